The third-order valence-electron chi connectivity index (χ3n) is 2.80. The number of nitrogen functional groups attached to an aromatic ring is 1. The summed E-state index contributed by atoms with van der Waals surface area (Å²) < 4.78 is 0. The topological polar surface area (TPSA) is 68.0 Å². The highest BCUT2D eigenvalue weighted by molar-refractivity contribution is 6.06. The number of carbonyl (C=O) groups is 1. The fourth-order valence-corrected chi connectivity index (χ4v) is 1.84. The summed E-state index contributed by atoms with van der Waals surface area (Å²) in [5.74, 6) is -0.290. The number of aryl methyl sites for hydroxylation is 1. The molecule has 0 spiro atoms. The number of rotatable bonds is 4. The fraction of sp³-hybridized carbons (Fsp3) is 0.200. The molecule has 3 N–H and O–H groups in total. The van der Waals surface area contributed by atoms with Gasteiger partial charge in [-0.05, 0) is 36.2 Å². The molecule has 4 nitrogen and oxygen atoms in total. The third kappa shape index (κ3) is 3.31. The van der Waals surface area contributed by atoms with Crippen molar-refractivity contribution in [3.8, 4) is 0 Å². The fourth-order valence-electron chi connectivity index (χ4n) is 1.84. The first-order chi connectivity index (χ1) is 9.20. The van der Waals surface area contributed by atoms with Gasteiger partial charge in [-0.1, -0.05) is 25.5 Å². The quantitative estimate of drug-likeness (QED) is 0.882. The molecule has 0 bridgehead atoms. The smallest absolute Gasteiger partial charge is 0.276 e. The summed E-state index contributed by atoms with van der Waals surface area (Å²) >= 11 is 0. The number of anilines is 2. The first-order valence-corrected chi connectivity index (χ1v) is 6.31. The summed E-state index contributed by atoms with van der Waals surface area (Å²) in [7, 11) is 0. The number of nitrogens with one attached hydrogen (secondary N) is 1. The Bertz CT molecular complexity index is 564. The largest absolute Gasteiger partial charge is 0.397 e. The predicted molar refractivity (Wildman–Crippen MR) is 77.0 cm³/mol. The van der Waals surface area contributed by atoms with Gasteiger partial charge in [-0.3, -0.25) is 4.79 Å². The van der Waals surface area contributed by atoms with Crippen LogP contribution in [-0.4, -0.2) is 10.9 Å². The number of nitrogens with two attached hydrogens (primary N) is 1. The molecule has 0 aliphatic heterocycles. The predicted octanol–water partition coefficient (Wildman–Crippen LogP) is 2.87. The molecular formula is C15H17N3O. The second-order valence-corrected chi connectivity index (χ2v) is 4.34. The summed E-state index contributed by atoms with van der Waals surface area (Å²) in [6, 6.07) is 11.2. The highest BCUT2D eigenvalue weighted by atomic mass is 16.1. The molecule has 0 saturated heterocycles. The van der Waals surface area contributed by atoms with Crippen molar-refractivity contribution in [1.29, 1.82) is 0 Å². The average Bonchev–Trinajstić information content (AvgIpc) is 2.42. The third-order valence-corrected chi connectivity index (χ3v) is 2.80. The number of carbonyl (C=O) groups excluding carboxylic acids is 1. The van der Waals surface area contributed by atoms with E-state index in [1.807, 2.05) is 24.3 Å². The second kappa shape index (κ2) is 6.00. The van der Waals surface area contributed by atoms with Crippen LogP contribution in [0.4, 0.5) is 11.4 Å². The molecule has 19 heavy (non-hydrogen) atoms. The van der Waals surface area contributed by atoms with Gasteiger partial charge in [0.25, 0.3) is 5.91 Å². The Morgan fingerprint density at radius 2 is 2.00 bits per heavy atom. The molecule has 0 saturated carbocycles. The van der Waals surface area contributed by atoms with Gasteiger partial charge in [0.1, 0.15) is 0 Å². The standard InChI is InChI=1S/C15H17N3O/c1-2-4-11-6-8-12(9-7-11)18-15(19)14-13(16)5-3-10-17-14/h3,5-10H,2,4,16H2,1H3,(H,18,19). The first kappa shape index (κ1) is 13.1. The minimum Gasteiger partial charge on any atom is -0.397 e. The number of hydrogen-bond donors (Lipinski definition) is 2. The molecule has 0 unspecified atom stereocenters. The highest BCUT2D eigenvalue weighted by Crippen LogP contribution is 2.14. The van der Waals surface area contributed by atoms with E-state index >= 15 is 0 Å². The summed E-state index contributed by atoms with van der Waals surface area (Å²) in [6.07, 6.45) is 3.70. The van der Waals surface area contributed by atoms with Crippen LogP contribution in [0, 0.1) is 0 Å². The lowest BCUT2D eigenvalue weighted by molar-refractivity contribution is 0.102. The van der Waals surface area contributed by atoms with Crippen molar-refractivity contribution in [3.63, 3.8) is 0 Å². The molecule has 0 atom stereocenters. The lowest BCUT2D eigenvalue weighted by Crippen LogP contribution is -2.15. The van der Waals surface area contributed by atoms with Crippen LogP contribution in [0.15, 0.2) is 42.6 Å². The summed E-state index contributed by atoms with van der Waals surface area (Å²) in [6.45, 7) is 2.14. The molecule has 4 heteroatoms. The van der Waals surface area contributed by atoms with Crippen molar-refractivity contribution in [2.75, 3.05) is 11.1 Å². The van der Waals surface area contributed by atoms with Gasteiger partial charge in [0, 0.05) is 11.9 Å². The van der Waals surface area contributed by atoms with Crippen LogP contribution in [0.5, 0.6) is 0 Å². The molecule has 0 aliphatic carbocycles. The van der Waals surface area contributed by atoms with E-state index in [2.05, 4.69) is 17.2 Å². The lowest BCUT2D eigenvalue weighted by atomic mass is 10.1. The lowest BCUT2D eigenvalue weighted by Gasteiger charge is -2.07. The van der Waals surface area contributed by atoms with E-state index in [-0.39, 0.29) is 11.6 Å². The Labute approximate surface area is 112 Å². The zero-order valence-electron chi connectivity index (χ0n) is 10.9. The van der Waals surface area contributed by atoms with E-state index in [1.165, 1.54) is 5.56 Å². The van der Waals surface area contributed by atoms with Crippen molar-refractivity contribution in [2.45, 2.75) is 19.8 Å². The maximum Gasteiger partial charge on any atom is 0.276 e. The molecule has 0 aliphatic rings. The van der Waals surface area contributed by atoms with Crippen LogP contribution in [0.3, 0.4) is 0 Å². The molecular weight excluding hydrogens is 238 g/mol. The molecule has 1 aromatic carbocycles. The van der Waals surface area contributed by atoms with Gasteiger partial charge in [-0.2, -0.15) is 0 Å². The van der Waals surface area contributed by atoms with Gasteiger partial charge < -0.3 is 11.1 Å². The number of aromatic nitrogens is 1. The van der Waals surface area contributed by atoms with Crippen molar-refractivity contribution in [2.24, 2.45) is 0 Å². The maximum atomic E-state index is 12.0. The number of pyridine rings is 1. The van der Waals surface area contributed by atoms with E-state index < -0.39 is 0 Å². The highest BCUT2D eigenvalue weighted by Gasteiger charge is 2.10. The molecule has 2 rings (SSSR count). The van der Waals surface area contributed by atoms with E-state index in [4.69, 9.17) is 5.73 Å². The zero-order chi connectivity index (χ0) is 13.7. The molecule has 2 aromatic rings. The van der Waals surface area contributed by atoms with Crippen molar-refractivity contribution < 1.29 is 4.79 Å². The zero-order valence-corrected chi connectivity index (χ0v) is 10.9. The van der Waals surface area contributed by atoms with E-state index in [9.17, 15) is 4.79 Å². The molecule has 98 valence electrons. The van der Waals surface area contributed by atoms with Gasteiger partial charge in [-0.25, -0.2) is 4.98 Å². The Morgan fingerprint density at radius 1 is 1.26 bits per heavy atom. The Morgan fingerprint density at radius 3 is 2.63 bits per heavy atom. The normalized spacial score (nSPS) is 10.2. The van der Waals surface area contributed by atoms with E-state index in [0.29, 0.717) is 5.69 Å². The molecule has 1 amide bonds. The van der Waals surface area contributed by atoms with Gasteiger partial charge in [0.05, 0.1) is 5.69 Å². The summed E-state index contributed by atoms with van der Waals surface area (Å²) in [4.78, 5) is 16.0. The molecule has 0 radical (unpaired) electrons. The van der Waals surface area contributed by atoms with Crippen LogP contribution < -0.4 is 11.1 Å². The van der Waals surface area contributed by atoms with Gasteiger partial charge in [0.15, 0.2) is 5.69 Å². The second-order valence-electron chi connectivity index (χ2n) is 4.34. The van der Waals surface area contributed by atoms with Crippen LogP contribution >= 0.6 is 0 Å². The number of amides is 1. The number of benzene rings is 1. The minimum atomic E-state index is -0.290. The summed E-state index contributed by atoms with van der Waals surface area (Å²) in [5, 5.41) is 2.79. The Kier molecular flexibility index (Phi) is 4.13. The molecule has 0 fully saturated rings. The monoisotopic (exact) mass is 255 g/mol. The van der Waals surface area contributed by atoms with Crippen LogP contribution in [0.25, 0.3) is 0 Å². The molecule has 1 heterocycles. The Hall–Kier alpha value is -2.36. The number of nitrogens with zero attached hydrogens (tertiary/aromatic N) is 1. The van der Waals surface area contributed by atoms with Crippen molar-refractivity contribution in [3.05, 3.63) is 53.9 Å². The van der Waals surface area contributed by atoms with Gasteiger partial charge >= 0.3 is 0 Å². The van der Waals surface area contributed by atoms with Gasteiger partial charge in [-0.15, -0.1) is 0 Å². The van der Waals surface area contributed by atoms with Crippen LogP contribution in [-0.2, 0) is 6.42 Å². The average molecular weight is 255 g/mol. The maximum absolute atomic E-state index is 12.0. The van der Waals surface area contributed by atoms with Crippen LogP contribution in [0.1, 0.15) is 29.4 Å². The SMILES string of the molecule is CCCc1ccc(NC(=O)c2ncccc2N)cc1. The van der Waals surface area contributed by atoms with Crippen LogP contribution in [0.2, 0.25) is 0 Å². The number of hydrogen-bond acceptors (Lipinski definition) is 3. The first-order valence-electron chi connectivity index (χ1n) is 6.31. The minimum absolute atomic E-state index is 0.250. The van der Waals surface area contributed by atoms with E-state index in [0.717, 1.165) is 18.5 Å². The Balaban J connectivity index is 2.09. The molecule has 1 aromatic heterocycles. The van der Waals surface area contributed by atoms with Crippen molar-refractivity contribution in [1.82, 2.24) is 4.98 Å². The van der Waals surface area contributed by atoms with Crippen molar-refractivity contribution >= 4 is 17.3 Å². The summed E-state index contributed by atoms with van der Waals surface area (Å²) in [5.41, 5.74) is 8.35. The van der Waals surface area contributed by atoms with Gasteiger partial charge in [0.2, 0.25) is 0 Å². The van der Waals surface area contributed by atoms with E-state index in [1.54, 1.807) is 18.3 Å².